The molecule has 0 bridgehead atoms. The van der Waals surface area contributed by atoms with E-state index in [2.05, 4.69) is 20.5 Å². The van der Waals surface area contributed by atoms with Crippen molar-refractivity contribution in [2.45, 2.75) is 19.9 Å². The molecule has 1 aromatic carbocycles. The quantitative estimate of drug-likeness (QED) is 0.719. The lowest BCUT2D eigenvalue weighted by Gasteiger charge is -2.07. The molecule has 0 spiro atoms. The maximum Gasteiger partial charge on any atom is 0.209 e. The molecule has 1 N–H and O–H groups in total. The lowest BCUT2D eigenvalue weighted by molar-refractivity contribution is 0.455. The third-order valence-corrected chi connectivity index (χ3v) is 4.08. The van der Waals surface area contributed by atoms with Gasteiger partial charge in [-0.15, -0.1) is 10.2 Å². The Balaban J connectivity index is 2.11. The van der Waals surface area contributed by atoms with Gasteiger partial charge in [-0.25, -0.2) is 4.68 Å². The number of halogens is 2. The second-order valence-electron chi connectivity index (χ2n) is 4.93. The normalized spacial score (nSPS) is 11.3. The number of nitrogens with one attached hydrogen (secondary N) is 1. The fraction of sp³-hybridized carbons (Fsp3) is 0.231. The smallest absolute Gasteiger partial charge is 0.209 e. The molecule has 22 heavy (non-hydrogen) atoms. The molecule has 3 aromatic rings. The maximum absolute atomic E-state index is 6.22. The molecule has 0 saturated carbocycles. The number of nitrogens with zero attached hydrogens (tertiary/aromatic N) is 5. The summed E-state index contributed by atoms with van der Waals surface area (Å²) < 4.78 is 2.11. The lowest BCUT2D eigenvalue weighted by Crippen LogP contribution is -2.04. The van der Waals surface area contributed by atoms with Gasteiger partial charge in [0.1, 0.15) is 10.3 Å². The third-order valence-electron chi connectivity index (χ3n) is 3.06. The summed E-state index contributed by atoms with van der Waals surface area (Å²) in [5.41, 5.74) is 1.26. The van der Waals surface area contributed by atoms with Crippen molar-refractivity contribution in [3.63, 3.8) is 0 Å². The highest BCUT2D eigenvalue weighted by Crippen LogP contribution is 2.29. The molecule has 0 saturated heterocycles. The van der Waals surface area contributed by atoms with Crippen molar-refractivity contribution >= 4 is 35.4 Å². The second kappa shape index (κ2) is 5.83. The van der Waals surface area contributed by atoms with Crippen LogP contribution in [0.1, 0.15) is 19.9 Å². The SMILES string of the molecule is CC(C)n1nnc(-c2c[nH]n(-c3c(Cl)cccc3Cl)c2=S)n1. The highest BCUT2D eigenvalue weighted by atomic mass is 35.5. The van der Waals surface area contributed by atoms with Gasteiger partial charge in [-0.3, -0.25) is 5.10 Å². The molecule has 0 aliphatic carbocycles. The van der Waals surface area contributed by atoms with E-state index in [-0.39, 0.29) is 6.04 Å². The van der Waals surface area contributed by atoms with Crippen LogP contribution in [-0.2, 0) is 0 Å². The topological polar surface area (TPSA) is 64.3 Å². The van der Waals surface area contributed by atoms with Crippen molar-refractivity contribution < 1.29 is 0 Å². The molecule has 0 radical (unpaired) electrons. The van der Waals surface area contributed by atoms with Gasteiger partial charge in [0.2, 0.25) is 5.82 Å². The molecule has 0 unspecified atom stereocenters. The van der Waals surface area contributed by atoms with Gasteiger partial charge in [-0.2, -0.15) is 4.80 Å². The average Bonchev–Trinajstić information content (AvgIpc) is 3.06. The largest absolute Gasteiger partial charge is 0.299 e. The molecule has 6 nitrogen and oxygen atoms in total. The van der Waals surface area contributed by atoms with Crippen molar-refractivity contribution in [1.29, 1.82) is 0 Å². The summed E-state index contributed by atoms with van der Waals surface area (Å²) >= 11 is 17.9. The summed E-state index contributed by atoms with van der Waals surface area (Å²) in [6.45, 7) is 3.95. The van der Waals surface area contributed by atoms with Crippen LogP contribution in [0.15, 0.2) is 24.4 Å². The van der Waals surface area contributed by atoms with Gasteiger partial charge in [0.05, 0.1) is 21.7 Å². The Kier molecular flexibility index (Phi) is 4.03. The van der Waals surface area contributed by atoms with Crippen LogP contribution in [-0.4, -0.2) is 30.0 Å². The fourth-order valence-electron chi connectivity index (χ4n) is 1.95. The zero-order chi connectivity index (χ0) is 15.9. The monoisotopic (exact) mass is 354 g/mol. The van der Waals surface area contributed by atoms with Crippen LogP contribution < -0.4 is 0 Å². The van der Waals surface area contributed by atoms with Crippen LogP contribution in [0.4, 0.5) is 0 Å². The zero-order valence-corrected chi connectivity index (χ0v) is 14.1. The van der Waals surface area contributed by atoms with E-state index in [1.165, 1.54) is 4.80 Å². The minimum absolute atomic E-state index is 0.124. The third kappa shape index (κ3) is 2.55. The summed E-state index contributed by atoms with van der Waals surface area (Å²) in [4.78, 5) is 1.53. The van der Waals surface area contributed by atoms with E-state index < -0.39 is 0 Å². The first-order valence-corrected chi connectivity index (χ1v) is 7.70. The molecule has 3 rings (SSSR count). The number of benzene rings is 1. The number of aromatic nitrogens is 6. The van der Waals surface area contributed by atoms with Gasteiger partial charge >= 0.3 is 0 Å². The zero-order valence-electron chi connectivity index (χ0n) is 11.8. The predicted molar refractivity (Wildman–Crippen MR) is 88.2 cm³/mol. The summed E-state index contributed by atoms with van der Waals surface area (Å²) in [6, 6.07) is 5.40. The van der Waals surface area contributed by atoms with Crippen LogP contribution in [0.2, 0.25) is 10.0 Å². The Morgan fingerprint density at radius 2 is 1.91 bits per heavy atom. The molecule has 0 aliphatic heterocycles. The Bertz CT molecular complexity index is 859. The molecule has 0 amide bonds. The van der Waals surface area contributed by atoms with Gasteiger partial charge in [-0.1, -0.05) is 41.5 Å². The lowest BCUT2D eigenvalue weighted by atomic mass is 10.3. The Hall–Kier alpha value is -1.70. The average molecular weight is 355 g/mol. The predicted octanol–water partition coefficient (Wildman–Crippen LogP) is 4.08. The number of tetrazole rings is 1. The number of para-hydroxylation sites is 1. The van der Waals surface area contributed by atoms with E-state index >= 15 is 0 Å². The highest BCUT2D eigenvalue weighted by Gasteiger charge is 2.16. The minimum Gasteiger partial charge on any atom is -0.299 e. The van der Waals surface area contributed by atoms with Crippen LogP contribution in [0, 0.1) is 4.64 Å². The van der Waals surface area contributed by atoms with Crippen molar-refractivity contribution in [3.05, 3.63) is 39.1 Å². The number of rotatable bonds is 3. The molecule has 0 fully saturated rings. The van der Waals surface area contributed by atoms with E-state index in [0.29, 0.717) is 31.8 Å². The minimum atomic E-state index is 0.124. The standard InChI is InChI=1S/C13H12Cl2N6S/c1-7(2)21-18-12(17-19-21)8-6-16-20(13(8)22)11-9(14)4-3-5-10(11)15/h3-7,16H,1-2H3. The van der Waals surface area contributed by atoms with Gasteiger partial charge in [0.25, 0.3) is 0 Å². The molecule has 9 heteroatoms. The van der Waals surface area contributed by atoms with E-state index in [9.17, 15) is 0 Å². The molecular formula is C13H12Cl2N6S. The molecule has 0 atom stereocenters. The first-order chi connectivity index (χ1) is 10.5. The Morgan fingerprint density at radius 1 is 1.23 bits per heavy atom. The van der Waals surface area contributed by atoms with Crippen LogP contribution in [0.3, 0.4) is 0 Å². The number of aromatic amines is 1. The Morgan fingerprint density at radius 3 is 2.50 bits per heavy atom. The van der Waals surface area contributed by atoms with Crippen LogP contribution >= 0.6 is 35.4 Å². The van der Waals surface area contributed by atoms with Crippen LogP contribution in [0.25, 0.3) is 17.1 Å². The van der Waals surface area contributed by atoms with E-state index in [1.807, 2.05) is 13.8 Å². The summed E-state index contributed by atoms with van der Waals surface area (Å²) in [7, 11) is 0. The summed E-state index contributed by atoms with van der Waals surface area (Å²) in [6.07, 6.45) is 1.71. The van der Waals surface area contributed by atoms with Gasteiger partial charge in [0.15, 0.2) is 0 Å². The second-order valence-corrected chi connectivity index (χ2v) is 6.13. The first kappa shape index (κ1) is 15.2. The van der Waals surface area contributed by atoms with Gasteiger partial charge in [-0.05, 0) is 31.2 Å². The Labute approximate surface area is 141 Å². The molecule has 114 valence electrons. The molecule has 0 aliphatic rings. The van der Waals surface area contributed by atoms with Crippen molar-refractivity contribution in [2.24, 2.45) is 0 Å². The summed E-state index contributed by atoms with van der Waals surface area (Å²) in [5, 5.41) is 16.4. The fourth-order valence-corrected chi connectivity index (χ4v) is 2.81. The van der Waals surface area contributed by atoms with E-state index in [1.54, 1.807) is 29.1 Å². The maximum atomic E-state index is 6.22. The van der Waals surface area contributed by atoms with Crippen molar-refractivity contribution in [1.82, 2.24) is 30.0 Å². The van der Waals surface area contributed by atoms with Crippen molar-refractivity contribution in [2.75, 3.05) is 0 Å². The summed E-state index contributed by atoms with van der Waals surface area (Å²) in [5.74, 6) is 0.455. The number of hydrogen-bond donors (Lipinski definition) is 1. The van der Waals surface area contributed by atoms with E-state index in [4.69, 9.17) is 35.4 Å². The molecular weight excluding hydrogens is 343 g/mol. The number of H-pyrrole nitrogens is 1. The van der Waals surface area contributed by atoms with Crippen molar-refractivity contribution in [3.8, 4) is 17.1 Å². The van der Waals surface area contributed by atoms with E-state index in [0.717, 1.165) is 0 Å². The first-order valence-electron chi connectivity index (χ1n) is 6.53. The van der Waals surface area contributed by atoms with Gasteiger partial charge in [0, 0.05) is 6.20 Å². The molecule has 2 heterocycles. The van der Waals surface area contributed by atoms with Crippen LogP contribution in [0.5, 0.6) is 0 Å². The molecule has 2 aromatic heterocycles. The highest BCUT2D eigenvalue weighted by molar-refractivity contribution is 7.71. The number of hydrogen-bond acceptors (Lipinski definition) is 4. The van der Waals surface area contributed by atoms with Gasteiger partial charge < -0.3 is 0 Å².